The highest BCUT2D eigenvalue weighted by molar-refractivity contribution is 7.46. The molecule has 1 saturated heterocycles. The molecule has 1 saturated carbocycles. The van der Waals surface area contributed by atoms with Crippen molar-refractivity contribution in [1.82, 2.24) is 4.90 Å². The van der Waals surface area contributed by atoms with Gasteiger partial charge in [-0.05, 0) is 60.1 Å². The van der Waals surface area contributed by atoms with Crippen LogP contribution in [0.2, 0.25) is 0 Å². The summed E-state index contributed by atoms with van der Waals surface area (Å²) in [6, 6.07) is 9.27. The first-order valence-electron chi connectivity index (χ1n) is 13.6. The number of phosphoric acid groups is 1. The van der Waals surface area contributed by atoms with Crippen LogP contribution in [0, 0.1) is 5.92 Å². The number of nitrogen functional groups attached to an aromatic ring is 1. The molecule has 0 radical (unpaired) electrons. The molecule has 1 atom stereocenters. The topological polar surface area (TPSA) is 135 Å². The van der Waals surface area contributed by atoms with Crippen molar-refractivity contribution >= 4 is 25.6 Å². The Bertz CT molecular complexity index is 1290. The van der Waals surface area contributed by atoms with Gasteiger partial charge in [0.1, 0.15) is 6.61 Å². The molecule has 1 amide bonds. The molecular weight excluding hydrogens is 562 g/mol. The molecule has 41 heavy (non-hydrogen) atoms. The summed E-state index contributed by atoms with van der Waals surface area (Å²) >= 11 is 0. The fourth-order valence-electron chi connectivity index (χ4n) is 5.46. The highest BCUT2D eigenvalue weighted by atomic mass is 31.2. The van der Waals surface area contributed by atoms with Crippen LogP contribution >= 0.6 is 7.82 Å². The maximum Gasteiger partial charge on any atom is 0.469 e. The van der Waals surface area contributed by atoms with Crippen molar-refractivity contribution in [3.63, 3.8) is 0 Å². The van der Waals surface area contributed by atoms with Crippen molar-refractivity contribution in [2.24, 2.45) is 11.1 Å². The minimum absolute atomic E-state index is 0.0668. The molecule has 2 aromatic carbocycles. The largest absolute Gasteiger partial charge is 0.469 e. The number of rotatable bonds is 10. The Morgan fingerprint density at radius 1 is 1.12 bits per heavy atom. The number of alkyl halides is 3. The van der Waals surface area contributed by atoms with Gasteiger partial charge >= 0.3 is 14.0 Å². The zero-order chi connectivity index (χ0) is 29.6. The zero-order valence-corrected chi connectivity index (χ0v) is 23.4. The van der Waals surface area contributed by atoms with Crippen LogP contribution < -0.4 is 5.73 Å². The molecular formula is C28H35F3N3O6P. The summed E-state index contributed by atoms with van der Waals surface area (Å²) in [7, 11) is -4.56. The van der Waals surface area contributed by atoms with E-state index in [1.165, 1.54) is 6.21 Å². The third-order valence-electron chi connectivity index (χ3n) is 7.60. The highest BCUT2D eigenvalue weighted by Gasteiger charge is 2.36. The second kappa shape index (κ2) is 13.4. The number of amides is 1. The van der Waals surface area contributed by atoms with Gasteiger partial charge in [-0.25, -0.2) is 4.57 Å². The average Bonchev–Trinajstić information content (AvgIpc) is 3.41. The summed E-state index contributed by atoms with van der Waals surface area (Å²) < 4.78 is 56.8. The van der Waals surface area contributed by atoms with Gasteiger partial charge in [0.25, 0.3) is 5.91 Å². The van der Waals surface area contributed by atoms with E-state index in [1.807, 2.05) is 0 Å². The maximum absolute atomic E-state index is 13.8. The van der Waals surface area contributed by atoms with E-state index in [1.54, 1.807) is 35.2 Å². The van der Waals surface area contributed by atoms with Crippen LogP contribution in [-0.4, -0.2) is 46.5 Å². The summed E-state index contributed by atoms with van der Waals surface area (Å²) in [5, 5.41) is 3.87. The van der Waals surface area contributed by atoms with Gasteiger partial charge in [-0.3, -0.25) is 9.32 Å². The van der Waals surface area contributed by atoms with Crippen LogP contribution in [0.15, 0.2) is 41.6 Å². The first-order valence-corrected chi connectivity index (χ1v) is 15.2. The first kappa shape index (κ1) is 31.0. The maximum atomic E-state index is 13.8. The Morgan fingerprint density at radius 2 is 1.88 bits per heavy atom. The number of benzene rings is 2. The number of nitrogens with zero attached hydrogens (tertiary/aromatic N) is 2. The van der Waals surface area contributed by atoms with E-state index in [4.69, 9.17) is 20.4 Å². The van der Waals surface area contributed by atoms with Crippen molar-refractivity contribution in [2.45, 2.75) is 63.6 Å². The Kier molecular flexibility index (Phi) is 10.1. The second-order valence-electron chi connectivity index (χ2n) is 10.6. The van der Waals surface area contributed by atoms with Gasteiger partial charge in [-0.2, -0.15) is 13.2 Å². The molecule has 2 aliphatic rings. The normalized spacial score (nSPS) is 18.8. The van der Waals surface area contributed by atoms with Crippen LogP contribution in [0.5, 0.6) is 0 Å². The fraction of sp³-hybridized carbons (Fsp3) is 0.500. The van der Waals surface area contributed by atoms with Crippen LogP contribution in [-0.2, 0) is 33.1 Å². The zero-order valence-electron chi connectivity index (χ0n) is 22.6. The van der Waals surface area contributed by atoms with E-state index in [-0.39, 0.29) is 31.0 Å². The van der Waals surface area contributed by atoms with Gasteiger partial charge in [0.15, 0.2) is 0 Å². The molecule has 1 heterocycles. The Labute approximate surface area is 236 Å². The third-order valence-corrected chi connectivity index (χ3v) is 8.09. The van der Waals surface area contributed by atoms with Crippen molar-refractivity contribution in [3.8, 4) is 0 Å². The van der Waals surface area contributed by atoms with E-state index in [2.05, 4.69) is 9.68 Å². The van der Waals surface area contributed by atoms with Gasteiger partial charge < -0.3 is 25.3 Å². The summed E-state index contributed by atoms with van der Waals surface area (Å²) in [4.78, 5) is 37.4. The molecule has 9 nitrogen and oxygen atoms in total. The number of halogens is 3. The van der Waals surface area contributed by atoms with E-state index in [0.717, 1.165) is 38.2 Å². The van der Waals surface area contributed by atoms with Gasteiger partial charge in [0.05, 0.1) is 12.2 Å². The van der Waals surface area contributed by atoms with Crippen LogP contribution in [0.4, 0.5) is 18.9 Å². The number of nitrogens with two attached hydrogens (primary N) is 1. The minimum atomic E-state index is -4.56. The lowest BCUT2D eigenvalue weighted by Crippen LogP contribution is -2.29. The van der Waals surface area contributed by atoms with E-state index >= 15 is 0 Å². The molecule has 0 aromatic heterocycles. The van der Waals surface area contributed by atoms with Crippen LogP contribution in [0.3, 0.4) is 0 Å². The van der Waals surface area contributed by atoms with Crippen molar-refractivity contribution < 1.29 is 41.7 Å². The fourth-order valence-corrected chi connectivity index (χ4v) is 5.87. The Balaban J connectivity index is 1.29. The predicted octanol–water partition coefficient (Wildman–Crippen LogP) is 5.65. The first-order chi connectivity index (χ1) is 19.4. The second-order valence-corrected chi connectivity index (χ2v) is 11.9. The SMILES string of the molecule is Nc1cc(C(=O)N2CCC(COP(=O)(O)O)C2)ccc1C/C=N/OCc1ccc(C2CCCCC2)c(C(F)(F)F)c1. The molecule has 1 aliphatic heterocycles. The molecule has 13 heteroatoms. The Hall–Kier alpha value is -2.92. The van der Waals surface area contributed by atoms with Gasteiger partial charge in [-0.15, -0.1) is 0 Å². The molecule has 2 aromatic rings. The molecule has 1 aliphatic carbocycles. The van der Waals surface area contributed by atoms with Crippen molar-refractivity contribution in [1.29, 1.82) is 0 Å². The summed E-state index contributed by atoms with van der Waals surface area (Å²) in [6.45, 7) is 0.515. The highest BCUT2D eigenvalue weighted by Crippen LogP contribution is 2.41. The number of oxime groups is 1. The summed E-state index contributed by atoms with van der Waals surface area (Å²) in [5.41, 5.74) is 7.72. The molecule has 0 bridgehead atoms. The molecule has 224 valence electrons. The third kappa shape index (κ3) is 8.78. The van der Waals surface area contributed by atoms with Gasteiger partial charge in [-0.1, -0.05) is 42.6 Å². The molecule has 1 unspecified atom stereocenters. The predicted molar refractivity (Wildman–Crippen MR) is 147 cm³/mol. The molecule has 4 rings (SSSR count). The standard InChI is InChI=1S/C28H35F3N3O6P/c29-28(30,31)25-14-19(6-9-24(25)21-4-2-1-3-5-21)17-39-33-12-10-22-7-8-23(15-26(22)32)27(35)34-13-11-20(16-34)18-40-41(36,37)38/h6-9,12,14-15,20-21H,1-5,10-11,13,16-18,32H2,(H2,36,37,38)/b33-12+. The Morgan fingerprint density at radius 3 is 2.56 bits per heavy atom. The number of carbonyl (C=O) groups is 1. The summed E-state index contributed by atoms with van der Waals surface area (Å²) in [6.07, 6.45) is 2.39. The lowest BCUT2D eigenvalue weighted by Gasteiger charge is -2.25. The van der Waals surface area contributed by atoms with Crippen LogP contribution in [0.25, 0.3) is 0 Å². The van der Waals surface area contributed by atoms with Crippen molar-refractivity contribution in [3.05, 3.63) is 64.2 Å². The number of likely N-dealkylation sites (tertiary alicyclic amines) is 1. The number of phosphoric ester groups is 1. The lowest BCUT2D eigenvalue weighted by atomic mass is 9.81. The van der Waals surface area contributed by atoms with Crippen LogP contribution in [0.1, 0.15) is 77.1 Å². The molecule has 2 fully saturated rings. The van der Waals surface area contributed by atoms with Gasteiger partial charge in [0.2, 0.25) is 0 Å². The number of hydrogen-bond donors (Lipinski definition) is 3. The smallest absolute Gasteiger partial charge is 0.398 e. The lowest BCUT2D eigenvalue weighted by molar-refractivity contribution is -0.138. The van der Waals surface area contributed by atoms with E-state index in [0.29, 0.717) is 53.9 Å². The monoisotopic (exact) mass is 597 g/mol. The average molecular weight is 598 g/mol. The summed E-state index contributed by atoms with van der Waals surface area (Å²) in [5.74, 6) is -0.483. The quantitative estimate of drug-likeness (QED) is 0.139. The number of anilines is 1. The van der Waals surface area contributed by atoms with Crippen molar-refractivity contribution in [2.75, 3.05) is 25.4 Å². The molecule has 0 spiro atoms. The minimum Gasteiger partial charge on any atom is -0.398 e. The van der Waals surface area contributed by atoms with E-state index in [9.17, 15) is 22.5 Å². The number of carbonyl (C=O) groups excluding carboxylic acids is 1. The number of hydrogen-bond acceptors (Lipinski definition) is 6. The van der Waals surface area contributed by atoms with E-state index < -0.39 is 19.6 Å². The molecule has 4 N–H and O–H groups in total. The van der Waals surface area contributed by atoms with Gasteiger partial charge in [0, 0.05) is 42.9 Å².